The Balaban J connectivity index is 1.61. The summed E-state index contributed by atoms with van der Waals surface area (Å²) in [4.78, 5) is 9.52. The number of aromatic nitrogens is 2. The summed E-state index contributed by atoms with van der Waals surface area (Å²) in [7, 11) is -0.470. The number of hydrogen-bond acceptors (Lipinski definition) is 4. The zero-order valence-electron chi connectivity index (χ0n) is 18.1. The Labute approximate surface area is 181 Å². The van der Waals surface area contributed by atoms with E-state index < -0.39 is 7.12 Å². The lowest BCUT2D eigenvalue weighted by Crippen LogP contribution is -2.41. The molecule has 1 aliphatic heterocycles. The van der Waals surface area contributed by atoms with Gasteiger partial charge in [-0.2, -0.15) is 0 Å². The van der Waals surface area contributed by atoms with E-state index in [1.54, 1.807) is 0 Å². The molecule has 0 bridgehead atoms. The van der Waals surface area contributed by atoms with Gasteiger partial charge in [-0.1, -0.05) is 36.4 Å². The summed E-state index contributed by atoms with van der Waals surface area (Å²) in [5.41, 5.74) is 1.96. The number of nitrogens with zero attached hydrogens (tertiary/aromatic N) is 2. The van der Waals surface area contributed by atoms with E-state index in [0.717, 1.165) is 27.4 Å². The molecule has 1 saturated heterocycles. The highest BCUT2D eigenvalue weighted by Gasteiger charge is 2.52. The van der Waals surface area contributed by atoms with E-state index in [0.29, 0.717) is 0 Å². The van der Waals surface area contributed by atoms with Gasteiger partial charge in [0.05, 0.1) is 27.8 Å². The van der Waals surface area contributed by atoms with Gasteiger partial charge >= 0.3 is 7.12 Å². The average Bonchev–Trinajstić information content (AvgIpc) is 2.99. The van der Waals surface area contributed by atoms with Crippen LogP contribution < -0.4 is 5.59 Å². The Kier molecular flexibility index (Phi) is 3.78. The van der Waals surface area contributed by atoms with Crippen LogP contribution in [0.5, 0.6) is 0 Å². The molecule has 5 heteroatoms. The lowest BCUT2D eigenvalue weighted by Gasteiger charge is -2.32. The Hall–Kier alpha value is -3.02. The van der Waals surface area contributed by atoms with E-state index in [1.165, 1.54) is 21.5 Å². The van der Waals surface area contributed by atoms with E-state index in [-0.39, 0.29) is 11.2 Å². The fraction of sp³-hybridized carbons (Fsp3) is 0.231. The van der Waals surface area contributed by atoms with Crippen LogP contribution in [0.2, 0.25) is 0 Å². The molecule has 3 aromatic carbocycles. The second-order valence-corrected chi connectivity index (χ2v) is 9.35. The van der Waals surface area contributed by atoms with Crippen LogP contribution >= 0.6 is 0 Å². The standard InChI is InChI=1S/C26H23BN2O2/c1-25(2)26(3,4)31-27(30-25)22-14-11-19-21(29-22)13-10-17-8-7-16-9-12-20-18(6-5-15-28-20)23(16)24(17)19/h5-15H,1-4H3. The van der Waals surface area contributed by atoms with Gasteiger partial charge in [0.1, 0.15) is 0 Å². The molecule has 0 aliphatic carbocycles. The van der Waals surface area contributed by atoms with Crippen LogP contribution in [0, 0.1) is 0 Å². The van der Waals surface area contributed by atoms with E-state index in [2.05, 4.69) is 81.2 Å². The van der Waals surface area contributed by atoms with Gasteiger partial charge in [0.2, 0.25) is 0 Å². The number of benzene rings is 3. The van der Waals surface area contributed by atoms with Crippen molar-refractivity contribution in [2.45, 2.75) is 38.9 Å². The average molecular weight is 406 g/mol. The van der Waals surface area contributed by atoms with Crippen LogP contribution in [0.3, 0.4) is 0 Å². The van der Waals surface area contributed by atoms with Crippen LogP contribution in [0.25, 0.3) is 43.4 Å². The molecule has 0 unspecified atom stereocenters. The van der Waals surface area contributed by atoms with Crippen molar-refractivity contribution in [3.8, 4) is 0 Å². The molecule has 1 aliphatic rings. The number of pyridine rings is 2. The van der Waals surface area contributed by atoms with Gasteiger partial charge in [-0.25, -0.2) is 0 Å². The molecule has 0 amide bonds. The fourth-order valence-corrected chi connectivity index (χ4v) is 4.52. The third-order valence-electron chi connectivity index (χ3n) is 6.93. The maximum atomic E-state index is 6.22. The zero-order valence-corrected chi connectivity index (χ0v) is 18.1. The van der Waals surface area contributed by atoms with Crippen LogP contribution in [0.15, 0.2) is 66.9 Å². The lowest BCUT2D eigenvalue weighted by molar-refractivity contribution is 0.00578. The molecule has 5 aromatic rings. The Bertz CT molecular complexity index is 1490. The van der Waals surface area contributed by atoms with E-state index >= 15 is 0 Å². The molecule has 0 radical (unpaired) electrons. The van der Waals surface area contributed by atoms with Crippen molar-refractivity contribution in [2.24, 2.45) is 0 Å². The molecule has 6 rings (SSSR count). The van der Waals surface area contributed by atoms with Crippen molar-refractivity contribution in [1.29, 1.82) is 0 Å². The van der Waals surface area contributed by atoms with Crippen molar-refractivity contribution < 1.29 is 9.31 Å². The minimum atomic E-state index is -0.470. The van der Waals surface area contributed by atoms with E-state index in [9.17, 15) is 0 Å². The zero-order chi connectivity index (χ0) is 21.4. The van der Waals surface area contributed by atoms with Crippen molar-refractivity contribution in [3.63, 3.8) is 0 Å². The number of fused-ring (bicyclic) bond motifs is 7. The summed E-state index contributed by atoms with van der Waals surface area (Å²) in [5.74, 6) is 0. The first-order chi connectivity index (χ1) is 14.8. The summed E-state index contributed by atoms with van der Waals surface area (Å²) in [6.07, 6.45) is 1.84. The lowest BCUT2D eigenvalue weighted by atomic mass is 9.83. The molecule has 152 valence electrons. The van der Waals surface area contributed by atoms with Crippen LogP contribution in [-0.2, 0) is 9.31 Å². The van der Waals surface area contributed by atoms with Crippen molar-refractivity contribution in [1.82, 2.24) is 9.97 Å². The van der Waals surface area contributed by atoms with Crippen LogP contribution in [0.1, 0.15) is 27.7 Å². The van der Waals surface area contributed by atoms with Gasteiger partial charge in [0.15, 0.2) is 0 Å². The van der Waals surface area contributed by atoms with Crippen molar-refractivity contribution >= 4 is 56.1 Å². The van der Waals surface area contributed by atoms with Gasteiger partial charge in [0.25, 0.3) is 0 Å². The molecule has 0 spiro atoms. The van der Waals surface area contributed by atoms with E-state index in [4.69, 9.17) is 14.3 Å². The van der Waals surface area contributed by atoms with Crippen molar-refractivity contribution in [3.05, 3.63) is 66.9 Å². The first kappa shape index (κ1) is 18.7. The van der Waals surface area contributed by atoms with Crippen molar-refractivity contribution in [2.75, 3.05) is 0 Å². The summed E-state index contributed by atoms with van der Waals surface area (Å²) in [6, 6.07) is 21.2. The second-order valence-electron chi connectivity index (χ2n) is 9.35. The predicted molar refractivity (Wildman–Crippen MR) is 128 cm³/mol. The molecule has 3 heterocycles. The van der Waals surface area contributed by atoms with Gasteiger partial charge in [-0.3, -0.25) is 9.97 Å². The summed E-state index contributed by atoms with van der Waals surface area (Å²) in [6.45, 7) is 8.25. The Morgan fingerprint density at radius 3 is 1.94 bits per heavy atom. The van der Waals surface area contributed by atoms with Gasteiger partial charge in [-0.05, 0) is 73.5 Å². The molecule has 0 saturated carbocycles. The highest BCUT2D eigenvalue weighted by molar-refractivity contribution is 6.61. The van der Waals surface area contributed by atoms with E-state index in [1.807, 2.05) is 18.3 Å². The third-order valence-corrected chi connectivity index (χ3v) is 6.93. The minimum absolute atomic E-state index is 0.389. The van der Waals surface area contributed by atoms with Gasteiger partial charge in [0, 0.05) is 17.0 Å². The van der Waals surface area contributed by atoms with Crippen LogP contribution in [0.4, 0.5) is 0 Å². The molecule has 2 aromatic heterocycles. The minimum Gasteiger partial charge on any atom is -0.398 e. The molecular formula is C26H23BN2O2. The molecule has 0 N–H and O–H groups in total. The largest absolute Gasteiger partial charge is 0.514 e. The molecule has 31 heavy (non-hydrogen) atoms. The van der Waals surface area contributed by atoms with Gasteiger partial charge < -0.3 is 9.31 Å². The topological polar surface area (TPSA) is 44.2 Å². The second kappa shape index (κ2) is 6.25. The normalized spacial score (nSPS) is 17.9. The summed E-state index contributed by atoms with van der Waals surface area (Å²) >= 11 is 0. The maximum absolute atomic E-state index is 6.22. The Morgan fingerprint density at radius 2 is 1.26 bits per heavy atom. The molecule has 0 atom stereocenters. The van der Waals surface area contributed by atoms with Gasteiger partial charge in [-0.15, -0.1) is 0 Å². The SMILES string of the molecule is CC1(C)OB(c2ccc3c(ccc4ccc5ccc6ncccc6c5c43)n2)OC1(C)C. The summed E-state index contributed by atoms with van der Waals surface area (Å²) < 4.78 is 12.4. The highest BCUT2D eigenvalue weighted by atomic mass is 16.7. The maximum Gasteiger partial charge on any atom is 0.514 e. The fourth-order valence-electron chi connectivity index (χ4n) is 4.52. The smallest absolute Gasteiger partial charge is 0.398 e. The number of hydrogen-bond donors (Lipinski definition) is 0. The summed E-state index contributed by atoms with van der Waals surface area (Å²) in [5, 5.41) is 7.12. The monoisotopic (exact) mass is 406 g/mol. The molecule has 1 fully saturated rings. The highest BCUT2D eigenvalue weighted by Crippen LogP contribution is 2.38. The Morgan fingerprint density at radius 1 is 0.677 bits per heavy atom. The molecule has 4 nitrogen and oxygen atoms in total. The first-order valence-electron chi connectivity index (χ1n) is 10.7. The van der Waals surface area contributed by atoms with Crippen LogP contribution in [-0.4, -0.2) is 28.3 Å². The number of rotatable bonds is 1. The molecular weight excluding hydrogens is 383 g/mol. The predicted octanol–water partition coefficient (Wildman–Crippen LogP) is 5.39. The first-order valence-corrected chi connectivity index (χ1v) is 10.7. The quantitative estimate of drug-likeness (QED) is 0.277. The third kappa shape index (κ3) is 2.70.